The molecule has 3 heterocycles. The van der Waals surface area contributed by atoms with Gasteiger partial charge in [0.15, 0.2) is 6.04 Å². The van der Waals surface area contributed by atoms with E-state index in [-0.39, 0.29) is 11.9 Å². The minimum absolute atomic E-state index is 0.0956. The molecule has 6 nitrogen and oxygen atoms in total. The molecule has 1 saturated heterocycles. The fourth-order valence-electron chi connectivity index (χ4n) is 4.53. The number of hydrogen-bond acceptors (Lipinski definition) is 4. The lowest BCUT2D eigenvalue weighted by Gasteiger charge is -2.34. The van der Waals surface area contributed by atoms with Gasteiger partial charge in [0.1, 0.15) is 43.4 Å². The molecule has 0 aliphatic carbocycles. The molecule has 154 valence electrons. The molecule has 4 aromatic rings. The lowest BCUT2D eigenvalue weighted by molar-refractivity contribution is -1.03. The topological polar surface area (TPSA) is 59.3 Å². The quantitative estimate of drug-likeness (QED) is 0.448. The second kappa shape index (κ2) is 8.18. The van der Waals surface area contributed by atoms with Gasteiger partial charge in [-0.3, -0.25) is 0 Å². The van der Waals surface area contributed by atoms with Crippen molar-refractivity contribution in [1.29, 1.82) is 0 Å². The predicted octanol–water partition coefficient (Wildman–Crippen LogP) is 0.878. The van der Waals surface area contributed by atoms with Crippen molar-refractivity contribution in [2.75, 3.05) is 26.2 Å². The fraction of sp³-hybridized carbons (Fsp3) is 0.304. The Morgan fingerprint density at radius 2 is 1.67 bits per heavy atom. The molecule has 1 aliphatic heterocycles. The summed E-state index contributed by atoms with van der Waals surface area (Å²) in [5.74, 6) is 0.917. The summed E-state index contributed by atoms with van der Waals surface area (Å²) in [7, 11) is 0. The van der Waals surface area contributed by atoms with Gasteiger partial charge < -0.3 is 14.9 Å². The van der Waals surface area contributed by atoms with Gasteiger partial charge >= 0.3 is 0 Å². The average Bonchev–Trinajstić information content (AvgIpc) is 3.28. The van der Waals surface area contributed by atoms with E-state index in [1.54, 1.807) is 20.8 Å². The predicted molar refractivity (Wildman–Crippen MR) is 117 cm³/mol. The van der Waals surface area contributed by atoms with E-state index in [4.69, 9.17) is 0 Å². The maximum atomic E-state index is 11.0. The lowest BCUT2D eigenvalue weighted by atomic mass is 10.0. The van der Waals surface area contributed by atoms with Crippen molar-refractivity contribution < 1.29 is 14.9 Å². The van der Waals surface area contributed by atoms with Crippen molar-refractivity contribution in [3.63, 3.8) is 0 Å². The zero-order valence-electron chi connectivity index (χ0n) is 17.1. The molecule has 2 aromatic heterocycles. The third-order valence-corrected chi connectivity index (χ3v) is 7.09. The van der Waals surface area contributed by atoms with Crippen LogP contribution in [0.3, 0.4) is 0 Å². The summed E-state index contributed by atoms with van der Waals surface area (Å²) < 4.78 is 1.58. The van der Waals surface area contributed by atoms with Gasteiger partial charge in [-0.25, -0.2) is 4.98 Å². The third kappa shape index (κ3) is 3.71. The van der Waals surface area contributed by atoms with Crippen molar-refractivity contribution in [3.05, 3.63) is 82.5 Å². The van der Waals surface area contributed by atoms with Crippen molar-refractivity contribution in [2.45, 2.75) is 19.5 Å². The van der Waals surface area contributed by atoms with Crippen LogP contribution in [0.15, 0.2) is 60.7 Å². The van der Waals surface area contributed by atoms with E-state index in [1.165, 1.54) is 16.0 Å². The Hall–Kier alpha value is -2.74. The molecule has 0 radical (unpaired) electrons. The van der Waals surface area contributed by atoms with Crippen LogP contribution in [-0.4, -0.2) is 45.9 Å². The Balaban J connectivity index is 1.40. The Morgan fingerprint density at radius 3 is 2.33 bits per heavy atom. The second-order valence-electron chi connectivity index (χ2n) is 8.06. The van der Waals surface area contributed by atoms with E-state index in [0.717, 1.165) is 42.6 Å². The largest absolute Gasteiger partial charge is 0.492 e. The highest BCUT2D eigenvalue weighted by molar-refractivity contribution is 7.17. The molecular formula is C23H27N5OS+2. The molecule has 7 heteroatoms. The van der Waals surface area contributed by atoms with Crippen LogP contribution in [-0.2, 0) is 6.54 Å². The van der Waals surface area contributed by atoms with Crippen LogP contribution in [0.5, 0.6) is 5.88 Å². The maximum Gasteiger partial charge on any atom is 0.235 e. The van der Waals surface area contributed by atoms with E-state index in [1.807, 2.05) is 13.0 Å². The highest BCUT2D eigenvalue weighted by Gasteiger charge is 2.36. The number of aromatic nitrogens is 3. The first-order valence-electron chi connectivity index (χ1n) is 10.5. The number of piperazine rings is 1. The van der Waals surface area contributed by atoms with Crippen LogP contribution in [0, 0.1) is 6.92 Å². The molecule has 0 bridgehead atoms. The number of rotatable bonds is 5. The summed E-state index contributed by atoms with van der Waals surface area (Å²) in [5.41, 5.74) is 2.63. The van der Waals surface area contributed by atoms with Crippen molar-refractivity contribution in [1.82, 2.24) is 14.6 Å². The van der Waals surface area contributed by atoms with Gasteiger partial charge in [-0.05, 0) is 6.92 Å². The summed E-state index contributed by atoms with van der Waals surface area (Å²) in [5, 5.41) is 15.3. The number of aromatic hydroxyl groups is 1. The molecule has 0 unspecified atom stereocenters. The highest BCUT2D eigenvalue weighted by atomic mass is 32.1. The second-order valence-corrected chi connectivity index (χ2v) is 9.07. The zero-order chi connectivity index (χ0) is 20.5. The number of hydrogen-bond donors (Lipinski definition) is 3. The summed E-state index contributed by atoms with van der Waals surface area (Å²) >= 11 is 1.56. The van der Waals surface area contributed by atoms with E-state index in [0.29, 0.717) is 5.82 Å². The lowest BCUT2D eigenvalue weighted by Crippen LogP contribution is -3.27. The Labute approximate surface area is 180 Å². The Morgan fingerprint density at radius 1 is 1.00 bits per heavy atom. The minimum Gasteiger partial charge on any atom is -0.492 e. The van der Waals surface area contributed by atoms with Crippen molar-refractivity contribution >= 4 is 16.3 Å². The average molecular weight is 422 g/mol. The van der Waals surface area contributed by atoms with E-state index >= 15 is 0 Å². The van der Waals surface area contributed by atoms with Crippen LogP contribution in [0.4, 0.5) is 0 Å². The first-order valence-corrected chi connectivity index (χ1v) is 11.3. The maximum absolute atomic E-state index is 11.0. The normalized spacial score (nSPS) is 20.4. The Kier molecular flexibility index (Phi) is 5.25. The number of nitrogens with one attached hydrogen (secondary N) is 2. The number of nitrogens with zero attached hydrogens (tertiary/aromatic N) is 3. The van der Waals surface area contributed by atoms with Gasteiger partial charge in [0.25, 0.3) is 0 Å². The van der Waals surface area contributed by atoms with Gasteiger partial charge in [0.2, 0.25) is 10.8 Å². The van der Waals surface area contributed by atoms with Crippen LogP contribution in [0.25, 0.3) is 4.96 Å². The SMILES string of the molecule is Cc1nc2sc([C@H](c3ccccc3)[NH+]3CC[NH+](Cc4ccccc4)CC3)c(O)n2n1. The van der Waals surface area contributed by atoms with Crippen LogP contribution in [0.2, 0.25) is 0 Å². The summed E-state index contributed by atoms with van der Waals surface area (Å²) in [4.78, 5) is 9.31. The van der Waals surface area contributed by atoms with Gasteiger partial charge in [-0.2, -0.15) is 4.52 Å². The molecule has 2 aromatic carbocycles. The number of benzene rings is 2. The fourth-order valence-corrected chi connectivity index (χ4v) is 5.72. The molecule has 3 N–H and O–H groups in total. The summed E-state index contributed by atoms with van der Waals surface area (Å²) in [6.45, 7) is 7.29. The standard InChI is InChI=1S/C23H25N5OS/c1-17-24-23-28(25-17)22(29)21(30-23)20(19-10-6-3-7-11-19)27-14-12-26(13-15-27)16-18-8-4-2-5-9-18/h2-11,20,29H,12-16H2,1H3/p+2/t20-/m0/s1. The number of quaternary nitrogens is 2. The molecule has 5 rings (SSSR count). The Bertz CT molecular complexity index is 1120. The molecule has 1 fully saturated rings. The molecule has 1 aliphatic rings. The summed E-state index contributed by atoms with van der Waals surface area (Å²) in [6, 6.07) is 21.4. The third-order valence-electron chi connectivity index (χ3n) is 6.01. The van der Waals surface area contributed by atoms with Gasteiger partial charge in [0.05, 0.1) is 0 Å². The molecule has 0 spiro atoms. The van der Waals surface area contributed by atoms with E-state index in [2.05, 4.69) is 64.7 Å². The number of fused-ring (bicyclic) bond motifs is 1. The van der Waals surface area contributed by atoms with Gasteiger partial charge in [-0.1, -0.05) is 72.0 Å². The van der Waals surface area contributed by atoms with Crippen LogP contribution in [0.1, 0.15) is 27.9 Å². The van der Waals surface area contributed by atoms with Crippen LogP contribution < -0.4 is 9.80 Å². The monoisotopic (exact) mass is 421 g/mol. The van der Waals surface area contributed by atoms with E-state index in [9.17, 15) is 5.11 Å². The van der Waals surface area contributed by atoms with Crippen molar-refractivity contribution in [2.24, 2.45) is 0 Å². The van der Waals surface area contributed by atoms with Crippen molar-refractivity contribution in [3.8, 4) is 5.88 Å². The van der Waals surface area contributed by atoms with Gasteiger partial charge in [0, 0.05) is 11.1 Å². The minimum atomic E-state index is 0.0956. The zero-order valence-corrected chi connectivity index (χ0v) is 17.9. The smallest absolute Gasteiger partial charge is 0.235 e. The first kappa shape index (κ1) is 19.2. The van der Waals surface area contributed by atoms with E-state index < -0.39 is 0 Å². The molecule has 30 heavy (non-hydrogen) atoms. The first-order chi connectivity index (χ1) is 14.7. The molecule has 0 amide bonds. The van der Waals surface area contributed by atoms with Gasteiger partial charge in [-0.15, -0.1) is 5.10 Å². The highest BCUT2D eigenvalue weighted by Crippen LogP contribution is 2.34. The molecular weight excluding hydrogens is 394 g/mol. The molecule has 1 atom stereocenters. The number of thiazole rings is 1. The summed E-state index contributed by atoms with van der Waals surface area (Å²) in [6.07, 6.45) is 0. The molecule has 0 saturated carbocycles. The van der Waals surface area contributed by atoms with Crippen LogP contribution >= 0.6 is 11.3 Å². The number of aryl methyl sites for hydroxylation is 1.